The molecule has 9 heteroatoms. The first-order chi connectivity index (χ1) is 14.2. The van der Waals surface area contributed by atoms with Gasteiger partial charge in [0.05, 0.1) is 18.1 Å². The smallest absolute Gasteiger partial charge is 0.325 e. The Balaban J connectivity index is 2.21. The standard InChI is InChI=1S/C21H20ClFO6S/c1-3-28-19(24)21(20(25)29-4-2)17(13-6-5-7-15(23)12-13)18(21)30(26,27)16-10-8-14(22)9-11-16/h5-12,17-18H,3-4H2,1-2H3/t17-,18+/m1/s1. The van der Waals surface area contributed by atoms with Gasteiger partial charge in [0.25, 0.3) is 0 Å². The van der Waals surface area contributed by atoms with Crippen LogP contribution in [-0.2, 0) is 28.9 Å². The van der Waals surface area contributed by atoms with Crippen LogP contribution in [0.2, 0.25) is 5.02 Å². The van der Waals surface area contributed by atoms with Crippen LogP contribution in [0.1, 0.15) is 25.3 Å². The van der Waals surface area contributed by atoms with Crippen LogP contribution < -0.4 is 0 Å². The molecule has 0 saturated heterocycles. The molecule has 1 saturated carbocycles. The molecule has 6 nitrogen and oxygen atoms in total. The molecular weight excluding hydrogens is 435 g/mol. The van der Waals surface area contributed by atoms with E-state index in [0.717, 1.165) is 6.07 Å². The molecule has 0 unspecified atom stereocenters. The third-order valence-corrected chi connectivity index (χ3v) is 7.54. The fraction of sp³-hybridized carbons (Fsp3) is 0.333. The van der Waals surface area contributed by atoms with E-state index < -0.39 is 44.2 Å². The van der Waals surface area contributed by atoms with Gasteiger partial charge in [-0.05, 0) is 55.8 Å². The van der Waals surface area contributed by atoms with Crippen molar-refractivity contribution in [3.63, 3.8) is 0 Å². The Labute approximate surface area is 178 Å². The molecule has 0 heterocycles. The van der Waals surface area contributed by atoms with Gasteiger partial charge in [0.2, 0.25) is 0 Å². The quantitative estimate of drug-likeness (QED) is 0.470. The number of benzene rings is 2. The van der Waals surface area contributed by atoms with Gasteiger partial charge in [-0.2, -0.15) is 0 Å². The van der Waals surface area contributed by atoms with Gasteiger partial charge >= 0.3 is 11.9 Å². The molecule has 2 aromatic rings. The summed E-state index contributed by atoms with van der Waals surface area (Å²) in [5, 5.41) is -1.18. The molecule has 0 spiro atoms. The topological polar surface area (TPSA) is 86.7 Å². The molecule has 2 atom stereocenters. The van der Waals surface area contributed by atoms with E-state index in [2.05, 4.69) is 0 Å². The molecule has 1 aliphatic carbocycles. The number of carbonyl (C=O) groups excluding carboxylic acids is 2. The lowest BCUT2D eigenvalue weighted by atomic mass is 9.99. The van der Waals surface area contributed by atoms with Crippen LogP contribution in [0, 0.1) is 11.2 Å². The van der Waals surface area contributed by atoms with Gasteiger partial charge in [-0.1, -0.05) is 23.7 Å². The highest BCUT2D eigenvalue weighted by Gasteiger charge is 2.81. The van der Waals surface area contributed by atoms with Crippen molar-refractivity contribution in [2.75, 3.05) is 13.2 Å². The van der Waals surface area contributed by atoms with E-state index in [4.69, 9.17) is 21.1 Å². The van der Waals surface area contributed by atoms with Crippen molar-refractivity contribution < 1.29 is 31.9 Å². The maximum Gasteiger partial charge on any atom is 0.325 e. The average Bonchev–Trinajstić information content (AvgIpc) is 3.41. The highest BCUT2D eigenvalue weighted by molar-refractivity contribution is 7.92. The number of esters is 2. The minimum atomic E-state index is -4.21. The van der Waals surface area contributed by atoms with E-state index in [1.54, 1.807) is 13.8 Å². The predicted octanol–water partition coefficient (Wildman–Crippen LogP) is 3.53. The van der Waals surface area contributed by atoms with Crippen molar-refractivity contribution in [3.05, 3.63) is 64.9 Å². The maximum atomic E-state index is 13.9. The highest BCUT2D eigenvalue weighted by atomic mass is 35.5. The summed E-state index contributed by atoms with van der Waals surface area (Å²) in [6.07, 6.45) is 0. The summed E-state index contributed by atoms with van der Waals surface area (Å²) in [5.41, 5.74) is -1.93. The summed E-state index contributed by atoms with van der Waals surface area (Å²) in [6, 6.07) is 10.5. The average molecular weight is 455 g/mol. The molecule has 2 aromatic carbocycles. The van der Waals surface area contributed by atoms with Crippen molar-refractivity contribution in [1.29, 1.82) is 0 Å². The molecule has 0 aromatic heterocycles. The molecule has 1 aliphatic rings. The van der Waals surface area contributed by atoms with Crippen LogP contribution in [-0.4, -0.2) is 38.8 Å². The molecule has 1 fully saturated rings. The van der Waals surface area contributed by atoms with Crippen molar-refractivity contribution >= 4 is 33.4 Å². The zero-order valence-corrected chi connectivity index (χ0v) is 17.9. The number of rotatable bonds is 7. The minimum absolute atomic E-state index is 0.0659. The molecule has 3 rings (SSSR count). The van der Waals surface area contributed by atoms with Gasteiger partial charge in [-0.25, -0.2) is 12.8 Å². The second-order valence-corrected chi connectivity index (χ2v) is 9.27. The molecule has 160 valence electrons. The van der Waals surface area contributed by atoms with Gasteiger partial charge in [0.1, 0.15) is 11.1 Å². The van der Waals surface area contributed by atoms with Crippen molar-refractivity contribution in [2.45, 2.75) is 29.9 Å². The molecule has 0 amide bonds. The first-order valence-electron chi connectivity index (χ1n) is 9.30. The second kappa shape index (κ2) is 8.35. The SMILES string of the molecule is CCOC(=O)C1(C(=O)OCC)[C@H](c2cccc(F)c2)[C@@H]1S(=O)(=O)c1ccc(Cl)cc1. The predicted molar refractivity (Wildman–Crippen MR) is 107 cm³/mol. The first-order valence-corrected chi connectivity index (χ1v) is 11.2. The van der Waals surface area contributed by atoms with Gasteiger partial charge in [0.15, 0.2) is 15.3 Å². The fourth-order valence-electron chi connectivity index (χ4n) is 3.76. The molecular formula is C21H20ClFO6S. The van der Waals surface area contributed by atoms with E-state index in [-0.39, 0.29) is 23.7 Å². The number of carbonyl (C=O) groups is 2. The van der Waals surface area contributed by atoms with Gasteiger partial charge < -0.3 is 9.47 Å². The summed E-state index contributed by atoms with van der Waals surface area (Å²) in [4.78, 5) is 25.8. The third-order valence-electron chi connectivity index (χ3n) is 5.04. The summed E-state index contributed by atoms with van der Waals surface area (Å²) in [6.45, 7) is 2.95. The third kappa shape index (κ3) is 3.58. The fourth-order valence-corrected chi connectivity index (χ4v) is 6.17. The normalized spacial score (nSPS) is 19.7. The monoisotopic (exact) mass is 454 g/mol. The zero-order chi connectivity index (χ0) is 22.1. The van der Waals surface area contributed by atoms with Crippen LogP contribution in [0.5, 0.6) is 0 Å². The van der Waals surface area contributed by atoms with E-state index in [1.165, 1.54) is 42.5 Å². The Morgan fingerprint density at radius 3 is 2.10 bits per heavy atom. The van der Waals surface area contributed by atoms with Crippen LogP contribution in [0.4, 0.5) is 4.39 Å². The summed E-state index contributed by atoms with van der Waals surface area (Å²) < 4.78 is 51.0. The van der Waals surface area contributed by atoms with E-state index >= 15 is 0 Å². The number of hydrogen-bond acceptors (Lipinski definition) is 6. The lowest BCUT2D eigenvalue weighted by Crippen LogP contribution is -2.35. The van der Waals surface area contributed by atoms with Crippen molar-refractivity contribution in [2.24, 2.45) is 5.41 Å². The summed E-state index contributed by atoms with van der Waals surface area (Å²) in [5.74, 6) is -3.81. The Hall–Kier alpha value is -2.45. The number of ether oxygens (including phenoxy) is 2. The van der Waals surface area contributed by atoms with Crippen LogP contribution >= 0.6 is 11.6 Å². The van der Waals surface area contributed by atoms with Crippen LogP contribution in [0.3, 0.4) is 0 Å². The molecule has 30 heavy (non-hydrogen) atoms. The Morgan fingerprint density at radius 1 is 1.03 bits per heavy atom. The lowest BCUT2D eigenvalue weighted by Gasteiger charge is -2.15. The first kappa shape index (κ1) is 22.2. The summed E-state index contributed by atoms with van der Waals surface area (Å²) >= 11 is 5.85. The Kier molecular flexibility index (Phi) is 6.19. The van der Waals surface area contributed by atoms with E-state index in [1.807, 2.05) is 0 Å². The molecule has 0 radical (unpaired) electrons. The number of sulfone groups is 1. The minimum Gasteiger partial charge on any atom is -0.465 e. The molecule has 0 N–H and O–H groups in total. The Bertz CT molecular complexity index is 1050. The van der Waals surface area contributed by atoms with E-state index in [9.17, 15) is 22.4 Å². The van der Waals surface area contributed by atoms with Crippen LogP contribution in [0.25, 0.3) is 0 Å². The molecule has 0 aliphatic heterocycles. The zero-order valence-electron chi connectivity index (χ0n) is 16.3. The largest absolute Gasteiger partial charge is 0.465 e. The van der Waals surface area contributed by atoms with Gasteiger partial charge in [-0.15, -0.1) is 0 Å². The van der Waals surface area contributed by atoms with Gasteiger partial charge in [0, 0.05) is 10.9 Å². The lowest BCUT2D eigenvalue weighted by molar-refractivity contribution is -0.164. The highest BCUT2D eigenvalue weighted by Crippen LogP contribution is 2.65. The number of halogens is 2. The molecule has 0 bridgehead atoms. The van der Waals surface area contributed by atoms with Crippen molar-refractivity contribution in [3.8, 4) is 0 Å². The Morgan fingerprint density at radius 2 is 1.60 bits per heavy atom. The van der Waals surface area contributed by atoms with Gasteiger partial charge in [-0.3, -0.25) is 9.59 Å². The van der Waals surface area contributed by atoms with Crippen LogP contribution in [0.15, 0.2) is 53.4 Å². The maximum absolute atomic E-state index is 13.9. The van der Waals surface area contributed by atoms with Crippen molar-refractivity contribution in [1.82, 2.24) is 0 Å². The van der Waals surface area contributed by atoms with E-state index in [0.29, 0.717) is 5.02 Å². The second-order valence-electron chi connectivity index (χ2n) is 6.76. The number of hydrogen-bond donors (Lipinski definition) is 0. The summed E-state index contributed by atoms with van der Waals surface area (Å²) in [7, 11) is -4.21.